The standard InChI is InChI=1S/C20H23FN4O3S/c21-14-5-3-13(4-6-14)8-18(26)23-20-16-11-29-12-17(16)24-25(20)10-19(27)22-9-15-2-1-7-28-15/h3-6,15H,1-2,7-12H2,(H,22,27)(H,23,26)/t15-/m0/s1. The van der Waals surface area contributed by atoms with Crippen molar-refractivity contribution in [1.29, 1.82) is 0 Å². The number of hydrogen-bond donors (Lipinski definition) is 2. The molecule has 1 fully saturated rings. The van der Waals surface area contributed by atoms with Crippen LogP contribution in [0.15, 0.2) is 24.3 Å². The molecule has 1 aromatic carbocycles. The number of carbonyl (C=O) groups excluding carboxylic acids is 2. The number of aromatic nitrogens is 2. The third-order valence-electron chi connectivity index (χ3n) is 5.00. The molecule has 0 unspecified atom stereocenters. The van der Waals surface area contributed by atoms with E-state index in [2.05, 4.69) is 15.7 Å². The van der Waals surface area contributed by atoms with E-state index >= 15 is 0 Å². The van der Waals surface area contributed by atoms with E-state index in [9.17, 15) is 14.0 Å². The smallest absolute Gasteiger partial charge is 0.241 e. The molecule has 0 aliphatic carbocycles. The first-order valence-corrected chi connectivity index (χ1v) is 10.8. The number of amides is 2. The molecular weight excluding hydrogens is 395 g/mol. The third kappa shape index (κ3) is 4.97. The molecule has 0 bridgehead atoms. The van der Waals surface area contributed by atoms with Crippen molar-refractivity contribution in [3.63, 3.8) is 0 Å². The highest BCUT2D eigenvalue weighted by atomic mass is 32.2. The largest absolute Gasteiger partial charge is 0.376 e. The van der Waals surface area contributed by atoms with E-state index in [-0.39, 0.29) is 36.7 Å². The highest BCUT2D eigenvalue weighted by Gasteiger charge is 2.25. The first-order valence-electron chi connectivity index (χ1n) is 9.67. The van der Waals surface area contributed by atoms with Crippen LogP contribution in [-0.2, 0) is 38.8 Å². The van der Waals surface area contributed by atoms with Gasteiger partial charge in [0.15, 0.2) is 0 Å². The van der Waals surface area contributed by atoms with Crippen molar-refractivity contribution < 1.29 is 18.7 Å². The van der Waals surface area contributed by atoms with Gasteiger partial charge in [-0.15, -0.1) is 0 Å². The second kappa shape index (κ2) is 8.96. The van der Waals surface area contributed by atoms with Gasteiger partial charge in [0.2, 0.25) is 11.8 Å². The molecule has 29 heavy (non-hydrogen) atoms. The van der Waals surface area contributed by atoms with E-state index in [1.165, 1.54) is 12.1 Å². The van der Waals surface area contributed by atoms with Crippen LogP contribution in [0.25, 0.3) is 0 Å². The monoisotopic (exact) mass is 418 g/mol. The van der Waals surface area contributed by atoms with Crippen LogP contribution in [0, 0.1) is 5.82 Å². The Balaban J connectivity index is 1.41. The van der Waals surface area contributed by atoms with Crippen molar-refractivity contribution in [3.05, 3.63) is 46.9 Å². The maximum absolute atomic E-state index is 13.1. The number of benzene rings is 1. The van der Waals surface area contributed by atoms with Gasteiger partial charge < -0.3 is 15.4 Å². The fourth-order valence-electron chi connectivity index (χ4n) is 3.51. The molecule has 2 N–H and O–H groups in total. The number of rotatable bonds is 7. The summed E-state index contributed by atoms with van der Waals surface area (Å²) in [6.07, 6.45) is 2.18. The van der Waals surface area contributed by atoms with E-state index in [4.69, 9.17) is 4.74 Å². The Bertz CT molecular complexity index is 894. The Hall–Kier alpha value is -2.39. The Kier molecular flexibility index (Phi) is 6.15. The van der Waals surface area contributed by atoms with Gasteiger partial charge in [0.1, 0.15) is 18.2 Å². The summed E-state index contributed by atoms with van der Waals surface area (Å²) >= 11 is 1.73. The van der Waals surface area contributed by atoms with Crippen LogP contribution in [0.2, 0.25) is 0 Å². The average molecular weight is 418 g/mol. The molecule has 0 saturated carbocycles. The maximum atomic E-state index is 13.1. The van der Waals surface area contributed by atoms with Gasteiger partial charge >= 0.3 is 0 Å². The van der Waals surface area contributed by atoms with Gasteiger partial charge in [0, 0.05) is 30.2 Å². The van der Waals surface area contributed by atoms with Gasteiger partial charge in [-0.3, -0.25) is 9.59 Å². The molecule has 1 saturated heterocycles. The number of ether oxygens (including phenoxy) is 1. The molecule has 2 aliphatic heterocycles. The van der Waals surface area contributed by atoms with Crippen molar-refractivity contribution in [1.82, 2.24) is 15.1 Å². The highest BCUT2D eigenvalue weighted by Crippen LogP contribution is 2.34. The lowest BCUT2D eigenvalue weighted by molar-refractivity contribution is -0.122. The molecule has 0 radical (unpaired) electrons. The lowest BCUT2D eigenvalue weighted by Crippen LogP contribution is -2.34. The van der Waals surface area contributed by atoms with E-state index < -0.39 is 0 Å². The van der Waals surface area contributed by atoms with E-state index in [1.807, 2.05) is 0 Å². The Morgan fingerprint density at radius 1 is 1.24 bits per heavy atom. The number of anilines is 1. The second-order valence-electron chi connectivity index (χ2n) is 7.21. The zero-order chi connectivity index (χ0) is 20.2. The summed E-state index contributed by atoms with van der Waals surface area (Å²) in [5.41, 5.74) is 2.59. The molecule has 7 nitrogen and oxygen atoms in total. The molecule has 1 aromatic heterocycles. The SMILES string of the molecule is O=C(Cn1nc2c(c1NC(=O)Cc1ccc(F)cc1)CSC2)NC[C@@H]1CCCO1. The number of fused-ring (bicyclic) bond motifs is 1. The molecular formula is C20H23FN4O3S. The second-order valence-corrected chi connectivity index (χ2v) is 8.20. The normalized spacial score (nSPS) is 17.9. The van der Waals surface area contributed by atoms with Crippen LogP contribution in [0.5, 0.6) is 0 Å². The molecule has 2 amide bonds. The van der Waals surface area contributed by atoms with Gasteiger partial charge in [0.25, 0.3) is 0 Å². The predicted molar refractivity (Wildman–Crippen MR) is 108 cm³/mol. The summed E-state index contributed by atoms with van der Waals surface area (Å²) in [6.45, 7) is 1.27. The van der Waals surface area contributed by atoms with Crippen LogP contribution >= 0.6 is 11.8 Å². The fraction of sp³-hybridized carbons (Fsp3) is 0.450. The lowest BCUT2D eigenvalue weighted by atomic mass is 10.1. The molecule has 2 aliphatic rings. The Morgan fingerprint density at radius 3 is 2.83 bits per heavy atom. The van der Waals surface area contributed by atoms with Crippen LogP contribution in [0.1, 0.15) is 29.7 Å². The Morgan fingerprint density at radius 2 is 2.07 bits per heavy atom. The van der Waals surface area contributed by atoms with Crippen LogP contribution in [0.3, 0.4) is 0 Å². The van der Waals surface area contributed by atoms with Gasteiger partial charge in [-0.1, -0.05) is 12.1 Å². The summed E-state index contributed by atoms with van der Waals surface area (Å²) in [7, 11) is 0. The van der Waals surface area contributed by atoms with Gasteiger partial charge in [-0.05, 0) is 30.5 Å². The first-order chi connectivity index (χ1) is 14.1. The average Bonchev–Trinajstić information content (AvgIpc) is 3.42. The van der Waals surface area contributed by atoms with E-state index in [0.29, 0.717) is 12.4 Å². The van der Waals surface area contributed by atoms with Crippen LogP contribution in [0.4, 0.5) is 10.2 Å². The van der Waals surface area contributed by atoms with Crippen molar-refractivity contribution in [3.8, 4) is 0 Å². The zero-order valence-corrected chi connectivity index (χ0v) is 16.8. The topological polar surface area (TPSA) is 85.2 Å². The third-order valence-corrected chi connectivity index (χ3v) is 5.97. The fourth-order valence-corrected chi connectivity index (χ4v) is 4.54. The molecule has 2 aromatic rings. The van der Waals surface area contributed by atoms with Gasteiger partial charge in [-0.2, -0.15) is 16.9 Å². The summed E-state index contributed by atoms with van der Waals surface area (Å²) in [4.78, 5) is 24.9. The lowest BCUT2D eigenvalue weighted by Gasteiger charge is -2.13. The minimum atomic E-state index is -0.337. The zero-order valence-electron chi connectivity index (χ0n) is 15.9. The van der Waals surface area contributed by atoms with Gasteiger partial charge in [-0.25, -0.2) is 9.07 Å². The number of thioether (sulfide) groups is 1. The summed E-state index contributed by atoms with van der Waals surface area (Å²) < 4.78 is 20.1. The quantitative estimate of drug-likeness (QED) is 0.720. The molecule has 3 heterocycles. The summed E-state index contributed by atoms with van der Waals surface area (Å²) in [5, 5.41) is 10.3. The predicted octanol–water partition coefficient (Wildman–Crippen LogP) is 2.25. The van der Waals surface area contributed by atoms with E-state index in [0.717, 1.165) is 47.8 Å². The number of nitrogens with one attached hydrogen (secondary N) is 2. The number of hydrogen-bond acceptors (Lipinski definition) is 5. The van der Waals surface area contributed by atoms with Crippen molar-refractivity contribution >= 4 is 29.4 Å². The molecule has 1 atom stereocenters. The van der Waals surface area contributed by atoms with Crippen molar-refractivity contribution in [2.75, 3.05) is 18.5 Å². The van der Waals surface area contributed by atoms with Gasteiger partial charge in [0.05, 0.1) is 18.2 Å². The number of halogens is 1. The minimum absolute atomic E-state index is 0.0382. The number of nitrogens with zero attached hydrogens (tertiary/aromatic N) is 2. The molecule has 4 rings (SSSR count). The first kappa shape index (κ1) is 19.9. The number of carbonyl (C=O) groups is 2. The maximum Gasteiger partial charge on any atom is 0.241 e. The van der Waals surface area contributed by atoms with Crippen molar-refractivity contribution in [2.45, 2.75) is 43.4 Å². The summed E-state index contributed by atoms with van der Waals surface area (Å²) in [6, 6.07) is 5.84. The summed E-state index contributed by atoms with van der Waals surface area (Å²) in [5.74, 6) is 1.36. The van der Waals surface area contributed by atoms with Crippen LogP contribution in [-0.4, -0.2) is 40.9 Å². The Labute approximate surface area is 172 Å². The highest BCUT2D eigenvalue weighted by molar-refractivity contribution is 7.98. The van der Waals surface area contributed by atoms with Crippen LogP contribution < -0.4 is 10.6 Å². The minimum Gasteiger partial charge on any atom is -0.376 e. The van der Waals surface area contributed by atoms with E-state index in [1.54, 1.807) is 28.6 Å². The molecule has 9 heteroatoms. The molecule has 154 valence electrons. The van der Waals surface area contributed by atoms with Crippen molar-refractivity contribution in [2.24, 2.45) is 0 Å². The molecule has 0 spiro atoms.